The zero-order chi connectivity index (χ0) is 19.9. The Hall–Kier alpha value is -1.42. The van der Waals surface area contributed by atoms with E-state index in [0.29, 0.717) is 24.6 Å². The number of aliphatic hydroxyl groups excluding tert-OH is 1. The fraction of sp³-hybridized carbons (Fsp3) is 0.600. The van der Waals surface area contributed by atoms with Crippen molar-refractivity contribution in [1.82, 2.24) is 15.5 Å². The molecule has 1 aliphatic carbocycles. The van der Waals surface area contributed by atoms with Gasteiger partial charge in [0.2, 0.25) is 5.91 Å². The Morgan fingerprint density at radius 1 is 1.25 bits per heavy atom. The predicted octanol–water partition coefficient (Wildman–Crippen LogP) is 2.68. The third-order valence-electron chi connectivity index (χ3n) is 5.02. The highest BCUT2D eigenvalue weighted by molar-refractivity contribution is 14.0. The molecule has 1 amide bonds. The van der Waals surface area contributed by atoms with Gasteiger partial charge < -0.3 is 20.6 Å². The minimum absolute atomic E-state index is 0. The fourth-order valence-electron chi connectivity index (χ4n) is 3.53. The highest BCUT2D eigenvalue weighted by atomic mass is 127. The van der Waals surface area contributed by atoms with E-state index < -0.39 is 11.5 Å². The van der Waals surface area contributed by atoms with E-state index in [9.17, 15) is 14.3 Å². The fourth-order valence-corrected chi connectivity index (χ4v) is 3.53. The highest BCUT2D eigenvalue weighted by Crippen LogP contribution is 2.39. The van der Waals surface area contributed by atoms with Crippen molar-refractivity contribution in [3.05, 3.63) is 35.6 Å². The third kappa shape index (κ3) is 6.58. The molecule has 1 unspecified atom stereocenters. The van der Waals surface area contributed by atoms with Gasteiger partial charge in [0.15, 0.2) is 5.96 Å². The van der Waals surface area contributed by atoms with E-state index in [1.807, 2.05) is 6.92 Å². The third-order valence-corrected chi connectivity index (χ3v) is 5.02. The molecule has 2 rings (SSSR count). The standard InChI is InChI=1S/C20H31FN4O2.HI/c1-4-22-19(23-13-17(26)15-7-9-16(21)10-8-15)24-14-20(11-5-6-12-20)18(27)25(2)3;/h7-10,17,26H,4-6,11-14H2,1-3H3,(H2,22,23,24);1H. The summed E-state index contributed by atoms with van der Waals surface area (Å²) in [6.45, 7) is 3.30. The Morgan fingerprint density at radius 2 is 1.86 bits per heavy atom. The highest BCUT2D eigenvalue weighted by Gasteiger charge is 2.42. The predicted molar refractivity (Wildman–Crippen MR) is 120 cm³/mol. The van der Waals surface area contributed by atoms with Crippen LogP contribution in [0.15, 0.2) is 29.3 Å². The Labute approximate surface area is 184 Å². The molecule has 0 radical (unpaired) electrons. The molecule has 1 aromatic carbocycles. The summed E-state index contributed by atoms with van der Waals surface area (Å²) in [5, 5.41) is 16.6. The maximum atomic E-state index is 13.0. The van der Waals surface area contributed by atoms with Crippen molar-refractivity contribution in [2.75, 3.05) is 33.7 Å². The first-order valence-electron chi connectivity index (χ1n) is 9.55. The maximum Gasteiger partial charge on any atom is 0.230 e. The molecular weight excluding hydrogens is 474 g/mol. The molecule has 0 heterocycles. The van der Waals surface area contributed by atoms with Gasteiger partial charge in [0.05, 0.1) is 18.1 Å². The van der Waals surface area contributed by atoms with E-state index in [1.165, 1.54) is 12.1 Å². The van der Waals surface area contributed by atoms with Crippen LogP contribution in [0, 0.1) is 11.2 Å². The molecule has 1 aromatic rings. The molecular formula is C20H32FIN4O2. The van der Waals surface area contributed by atoms with Crippen LogP contribution >= 0.6 is 24.0 Å². The van der Waals surface area contributed by atoms with Crippen LogP contribution in [0.25, 0.3) is 0 Å². The van der Waals surface area contributed by atoms with Gasteiger partial charge in [-0.1, -0.05) is 25.0 Å². The minimum atomic E-state index is -0.779. The molecule has 0 spiro atoms. The second-order valence-corrected chi connectivity index (χ2v) is 7.33. The summed E-state index contributed by atoms with van der Waals surface area (Å²) < 4.78 is 13.0. The Kier molecular flexibility index (Phi) is 10.2. The quantitative estimate of drug-likeness (QED) is 0.302. The SMILES string of the molecule is CCNC(=NCC1(C(=O)N(C)C)CCCC1)NCC(O)c1ccc(F)cc1.I. The lowest BCUT2D eigenvalue weighted by atomic mass is 9.85. The van der Waals surface area contributed by atoms with Gasteiger partial charge in [-0.15, -0.1) is 24.0 Å². The molecule has 28 heavy (non-hydrogen) atoms. The van der Waals surface area contributed by atoms with Gasteiger partial charge >= 0.3 is 0 Å². The van der Waals surface area contributed by atoms with Gasteiger partial charge in [-0.2, -0.15) is 0 Å². The summed E-state index contributed by atoms with van der Waals surface area (Å²) in [5.74, 6) is 0.365. The molecule has 1 aliphatic rings. The molecule has 6 nitrogen and oxygen atoms in total. The Morgan fingerprint density at radius 3 is 2.39 bits per heavy atom. The second-order valence-electron chi connectivity index (χ2n) is 7.33. The van der Waals surface area contributed by atoms with Crippen molar-refractivity contribution in [2.24, 2.45) is 10.4 Å². The molecule has 8 heteroatoms. The van der Waals surface area contributed by atoms with E-state index in [4.69, 9.17) is 0 Å². The number of aliphatic hydroxyl groups is 1. The number of nitrogens with one attached hydrogen (secondary N) is 2. The second kappa shape index (κ2) is 11.5. The molecule has 3 N–H and O–H groups in total. The number of aliphatic imine (C=N–C) groups is 1. The van der Waals surface area contributed by atoms with Gasteiger partial charge in [-0.3, -0.25) is 9.79 Å². The monoisotopic (exact) mass is 506 g/mol. The first-order valence-corrected chi connectivity index (χ1v) is 9.55. The average Bonchev–Trinajstić information content (AvgIpc) is 3.13. The number of carbonyl (C=O) groups is 1. The van der Waals surface area contributed by atoms with E-state index in [2.05, 4.69) is 15.6 Å². The summed E-state index contributed by atoms with van der Waals surface area (Å²) in [5.41, 5.74) is 0.205. The topological polar surface area (TPSA) is 77.0 Å². The summed E-state index contributed by atoms with van der Waals surface area (Å²) >= 11 is 0. The number of halogens is 2. The van der Waals surface area contributed by atoms with Gasteiger partial charge in [-0.25, -0.2) is 4.39 Å². The van der Waals surface area contributed by atoms with Gasteiger partial charge in [-0.05, 0) is 37.5 Å². The number of benzene rings is 1. The van der Waals surface area contributed by atoms with Crippen molar-refractivity contribution in [2.45, 2.75) is 38.7 Å². The maximum absolute atomic E-state index is 13.0. The largest absolute Gasteiger partial charge is 0.387 e. The molecule has 158 valence electrons. The lowest BCUT2D eigenvalue weighted by Gasteiger charge is -2.29. The van der Waals surface area contributed by atoms with E-state index in [0.717, 1.165) is 25.7 Å². The Bertz CT molecular complexity index is 646. The van der Waals surface area contributed by atoms with Crippen molar-refractivity contribution in [3.63, 3.8) is 0 Å². The molecule has 0 aromatic heterocycles. The lowest BCUT2D eigenvalue weighted by molar-refractivity contribution is -0.138. The van der Waals surface area contributed by atoms with E-state index in [-0.39, 0.29) is 42.2 Å². The average molecular weight is 506 g/mol. The first-order chi connectivity index (χ1) is 12.9. The van der Waals surface area contributed by atoms with Gasteiger partial charge in [0.1, 0.15) is 5.82 Å². The molecule has 0 aliphatic heterocycles. The van der Waals surface area contributed by atoms with Crippen molar-refractivity contribution < 1.29 is 14.3 Å². The first kappa shape index (κ1) is 24.6. The summed E-state index contributed by atoms with van der Waals surface area (Å²) in [7, 11) is 3.57. The number of guanidine groups is 1. The zero-order valence-corrected chi connectivity index (χ0v) is 19.2. The molecule has 0 saturated heterocycles. The van der Waals surface area contributed by atoms with Crippen LogP contribution in [0.5, 0.6) is 0 Å². The summed E-state index contributed by atoms with van der Waals surface area (Å²) in [6, 6.07) is 5.78. The van der Waals surface area contributed by atoms with E-state index in [1.54, 1.807) is 31.1 Å². The Balaban J connectivity index is 0.00000392. The number of amides is 1. The van der Waals surface area contributed by atoms with Crippen LogP contribution < -0.4 is 10.6 Å². The van der Waals surface area contributed by atoms with Crippen LogP contribution in [0.2, 0.25) is 0 Å². The lowest BCUT2D eigenvalue weighted by Crippen LogP contribution is -2.43. The number of hydrogen-bond donors (Lipinski definition) is 3. The van der Waals surface area contributed by atoms with Crippen molar-refractivity contribution in [1.29, 1.82) is 0 Å². The molecule has 1 saturated carbocycles. The van der Waals surface area contributed by atoms with Crippen LogP contribution in [0.4, 0.5) is 4.39 Å². The summed E-state index contributed by atoms with van der Waals surface area (Å²) in [6.07, 6.45) is 3.01. The smallest absolute Gasteiger partial charge is 0.230 e. The molecule has 0 bridgehead atoms. The minimum Gasteiger partial charge on any atom is -0.387 e. The van der Waals surface area contributed by atoms with Crippen LogP contribution in [-0.2, 0) is 4.79 Å². The molecule has 1 atom stereocenters. The van der Waals surface area contributed by atoms with Crippen LogP contribution in [0.3, 0.4) is 0 Å². The number of nitrogens with zero attached hydrogens (tertiary/aromatic N) is 2. The summed E-state index contributed by atoms with van der Waals surface area (Å²) in [4.78, 5) is 18.9. The molecule has 1 fully saturated rings. The number of carbonyl (C=O) groups excluding carboxylic acids is 1. The van der Waals surface area contributed by atoms with Crippen LogP contribution in [0.1, 0.15) is 44.3 Å². The number of rotatable bonds is 7. The normalized spacial score (nSPS) is 16.8. The zero-order valence-electron chi connectivity index (χ0n) is 16.9. The van der Waals surface area contributed by atoms with Gasteiger partial charge in [0.25, 0.3) is 0 Å². The van der Waals surface area contributed by atoms with Crippen LogP contribution in [-0.4, -0.2) is 55.6 Å². The van der Waals surface area contributed by atoms with Crippen molar-refractivity contribution >= 4 is 35.8 Å². The number of hydrogen-bond acceptors (Lipinski definition) is 3. The van der Waals surface area contributed by atoms with Gasteiger partial charge in [0, 0.05) is 27.2 Å². The van der Waals surface area contributed by atoms with E-state index >= 15 is 0 Å². The van der Waals surface area contributed by atoms with Crippen molar-refractivity contribution in [3.8, 4) is 0 Å².